The summed E-state index contributed by atoms with van der Waals surface area (Å²) in [5, 5.41) is 0. The number of ether oxygens (including phenoxy) is 3. The average molecular weight is 326 g/mol. The Morgan fingerprint density at radius 2 is 1.74 bits per heavy atom. The van der Waals surface area contributed by atoms with Crippen LogP contribution in [0.25, 0.3) is 0 Å². The van der Waals surface area contributed by atoms with Crippen molar-refractivity contribution in [1.29, 1.82) is 0 Å². The molecule has 0 saturated heterocycles. The van der Waals surface area contributed by atoms with E-state index >= 15 is 0 Å². The molecule has 7 heteroatoms. The minimum atomic E-state index is -0.450. The van der Waals surface area contributed by atoms with Crippen molar-refractivity contribution < 1.29 is 23.8 Å². The molecular weight excluding hydrogens is 300 g/mol. The minimum Gasteiger partial charge on any atom is -0.460 e. The van der Waals surface area contributed by atoms with Gasteiger partial charge in [0.15, 0.2) is 0 Å². The molecule has 1 rings (SSSR count). The molecule has 1 heterocycles. The monoisotopic (exact) mass is 326 g/mol. The highest BCUT2D eigenvalue weighted by molar-refractivity contribution is 6.00. The van der Waals surface area contributed by atoms with E-state index in [2.05, 4.69) is 4.98 Å². The fraction of sp³-hybridized carbons (Fsp3) is 0.625. The zero-order valence-electron chi connectivity index (χ0n) is 14.5. The minimum absolute atomic E-state index is 0.155. The number of aryl methyl sites for hydroxylation is 1. The lowest BCUT2D eigenvalue weighted by molar-refractivity contribution is 0.0387. The summed E-state index contributed by atoms with van der Waals surface area (Å²) < 4.78 is 15.0. The lowest BCUT2D eigenvalue weighted by Gasteiger charge is -2.16. The normalized spacial score (nSPS) is 10.7. The fourth-order valence-electron chi connectivity index (χ4n) is 2.30. The van der Waals surface area contributed by atoms with E-state index in [4.69, 9.17) is 14.2 Å². The highest BCUT2D eigenvalue weighted by atomic mass is 16.6. The predicted molar refractivity (Wildman–Crippen MR) is 85.9 cm³/mol. The second kappa shape index (κ2) is 9.32. The fourth-order valence-corrected chi connectivity index (χ4v) is 2.30. The smallest absolute Gasteiger partial charge is 0.340 e. The number of H-pyrrole nitrogens is 1. The highest BCUT2D eigenvalue weighted by Crippen LogP contribution is 2.20. The number of methoxy groups -OCH3 is 2. The maximum atomic E-state index is 12.5. The zero-order valence-corrected chi connectivity index (χ0v) is 14.5. The summed E-state index contributed by atoms with van der Waals surface area (Å²) in [6.07, 6.45) is 0.753. The van der Waals surface area contributed by atoms with Crippen LogP contribution in [0, 0.1) is 13.8 Å². The van der Waals surface area contributed by atoms with E-state index in [1.807, 2.05) is 0 Å². The molecule has 1 N–H and O–H groups in total. The van der Waals surface area contributed by atoms with Crippen molar-refractivity contribution in [3.05, 3.63) is 22.5 Å². The van der Waals surface area contributed by atoms with Gasteiger partial charge in [0, 0.05) is 40.1 Å². The molecular formula is C16H26N2O5. The molecule has 1 aromatic rings. The van der Waals surface area contributed by atoms with Gasteiger partial charge in [0.1, 0.15) is 12.3 Å². The lowest BCUT2D eigenvalue weighted by Crippen LogP contribution is -2.29. The van der Waals surface area contributed by atoms with Crippen LogP contribution in [-0.4, -0.2) is 69.4 Å². The van der Waals surface area contributed by atoms with Gasteiger partial charge in [-0.2, -0.15) is 0 Å². The number of aromatic amines is 1. The number of carbonyl (C=O) groups is 2. The maximum absolute atomic E-state index is 12.5. The highest BCUT2D eigenvalue weighted by Gasteiger charge is 2.24. The Kier molecular flexibility index (Phi) is 7.77. The van der Waals surface area contributed by atoms with E-state index in [9.17, 15) is 9.59 Å². The van der Waals surface area contributed by atoms with Crippen LogP contribution in [0.15, 0.2) is 0 Å². The third-order valence-electron chi connectivity index (χ3n) is 3.56. The van der Waals surface area contributed by atoms with E-state index in [1.54, 1.807) is 32.9 Å². The molecule has 0 saturated carbocycles. The van der Waals surface area contributed by atoms with E-state index in [-0.39, 0.29) is 12.5 Å². The van der Waals surface area contributed by atoms with Gasteiger partial charge >= 0.3 is 5.97 Å². The predicted octanol–water partition coefficient (Wildman–Crippen LogP) is 1.54. The van der Waals surface area contributed by atoms with Gasteiger partial charge in [-0.05, 0) is 25.8 Å². The second-order valence-electron chi connectivity index (χ2n) is 5.33. The summed E-state index contributed by atoms with van der Waals surface area (Å²) in [5.74, 6) is -0.605. The Balaban J connectivity index is 2.83. The maximum Gasteiger partial charge on any atom is 0.340 e. The lowest BCUT2D eigenvalue weighted by atomic mass is 10.1. The van der Waals surface area contributed by atoms with Crippen LogP contribution in [0.1, 0.15) is 38.5 Å². The van der Waals surface area contributed by atoms with E-state index in [0.717, 1.165) is 6.42 Å². The van der Waals surface area contributed by atoms with Crippen LogP contribution in [0.2, 0.25) is 0 Å². The van der Waals surface area contributed by atoms with Crippen molar-refractivity contribution >= 4 is 11.9 Å². The molecule has 0 aliphatic heterocycles. The van der Waals surface area contributed by atoms with Crippen LogP contribution in [0.3, 0.4) is 0 Å². The molecule has 7 nitrogen and oxygen atoms in total. The van der Waals surface area contributed by atoms with Crippen molar-refractivity contribution in [3.63, 3.8) is 0 Å². The van der Waals surface area contributed by atoms with Crippen molar-refractivity contribution in [3.8, 4) is 0 Å². The number of hydrogen-bond acceptors (Lipinski definition) is 5. The SMILES string of the molecule is COCCCN(C)C(=O)c1[nH]c(C)c(C(=O)OCCOC)c1C. The Morgan fingerprint density at radius 3 is 2.35 bits per heavy atom. The molecule has 0 atom stereocenters. The average Bonchev–Trinajstić information content (AvgIpc) is 2.81. The zero-order chi connectivity index (χ0) is 17.4. The number of rotatable bonds is 9. The molecule has 23 heavy (non-hydrogen) atoms. The molecule has 0 fully saturated rings. The van der Waals surface area contributed by atoms with Gasteiger partial charge in [-0.1, -0.05) is 0 Å². The summed E-state index contributed by atoms with van der Waals surface area (Å²) in [7, 11) is 4.89. The van der Waals surface area contributed by atoms with Crippen LogP contribution in [0.4, 0.5) is 0 Å². The van der Waals surface area contributed by atoms with Crippen LogP contribution >= 0.6 is 0 Å². The van der Waals surface area contributed by atoms with Crippen LogP contribution in [0.5, 0.6) is 0 Å². The number of carbonyl (C=O) groups excluding carboxylic acids is 2. The first kappa shape index (κ1) is 19.2. The Bertz CT molecular complexity index is 539. The van der Waals surface area contributed by atoms with Gasteiger partial charge in [-0.3, -0.25) is 4.79 Å². The summed E-state index contributed by atoms with van der Waals surface area (Å²) in [5.41, 5.74) is 2.06. The number of nitrogens with zero attached hydrogens (tertiary/aromatic N) is 1. The van der Waals surface area contributed by atoms with Gasteiger partial charge in [0.05, 0.1) is 12.2 Å². The third kappa shape index (κ3) is 5.07. The van der Waals surface area contributed by atoms with Gasteiger partial charge in [0.2, 0.25) is 0 Å². The van der Waals surface area contributed by atoms with Gasteiger partial charge in [0.25, 0.3) is 5.91 Å². The molecule has 1 amide bonds. The Morgan fingerprint density at radius 1 is 1.09 bits per heavy atom. The van der Waals surface area contributed by atoms with Crippen molar-refractivity contribution in [1.82, 2.24) is 9.88 Å². The van der Waals surface area contributed by atoms with Crippen LogP contribution in [-0.2, 0) is 14.2 Å². The summed E-state index contributed by atoms with van der Waals surface area (Å²) >= 11 is 0. The quantitative estimate of drug-likeness (QED) is 0.550. The molecule has 0 radical (unpaired) electrons. The topological polar surface area (TPSA) is 80.9 Å². The first-order valence-corrected chi connectivity index (χ1v) is 7.53. The number of amides is 1. The van der Waals surface area contributed by atoms with Crippen molar-refractivity contribution in [2.75, 3.05) is 47.6 Å². The number of hydrogen-bond donors (Lipinski definition) is 1. The van der Waals surface area contributed by atoms with Crippen molar-refractivity contribution in [2.24, 2.45) is 0 Å². The Labute approximate surface area is 136 Å². The van der Waals surface area contributed by atoms with Gasteiger partial charge in [-0.25, -0.2) is 4.79 Å². The Hall–Kier alpha value is -1.86. The van der Waals surface area contributed by atoms with E-state index in [1.165, 1.54) is 7.11 Å². The van der Waals surface area contributed by atoms with E-state index < -0.39 is 5.97 Å². The molecule has 0 aliphatic rings. The van der Waals surface area contributed by atoms with E-state index in [0.29, 0.717) is 42.3 Å². The summed E-state index contributed by atoms with van der Waals surface area (Å²) in [4.78, 5) is 29.2. The second-order valence-corrected chi connectivity index (χ2v) is 5.33. The van der Waals surface area contributed by atoms with Crippen LogP contribution < -0.4 is 0 Å². The molecule has 0 aliphatic carbocycles. The number of esters is 1. The number of nitrogens with one attached hydrogen (secondary N) is 1. The molecule has 0 spiro atoms. The molecule has 130 valence electrons. The third-order valence-corrected chi connectivity index (χ3v) is 3.56. The molecule has 0 aromatic carbocycles. The largest absolute Gasteiger partial charge is 0.460 e. The first-order valence-electron chi connectivity index (χ1n) is 7.53. The molecule has 0 bridgehead atoms. The van der Waals surface area contributed by atoms with Gasteiger partial charge < -0.3 is 24.1 Å². The number of aromatic nitrogens is 1. The molecule has 1 aromatic heterocycles. The standard InChI is InChI=1S/C16H26N2O5/c1-11-13(16(20)23-10-9-22-5)12(2)17-14(11)15(19)18(3)7-6-8-21-4/h17H,6-10H2,1-5H3. The first-order chi connectivity index (χ1) is 10.9. The van der Waals surface area contributed by atoms with Gasteiger partial charge in [-0.15, -0.1) is 0 Å². The summed E-state index contributed by atoms with van der Waals surface area (Å²) in [6, 6.07) is 0. The molecule has 0 unspecified atom stereocenters. The summed E-state index contributed by atoms with van der Waals surface area (Å²) in [6.45, 7) is 5.19. The van der Waals surface area contributed by atoms with Crippen molar-refractivity contribution in [2.45, 2.75) is 20.3 Å².